The van der Waals surface area contributed by atoms with Gasteiger partial charge in [0.1, 0.15) is 0 Å². The van der Waals surface area contributed by atoms with E-state index in [2.05, 4.69) is 33.4 Å². The van der Waals surface area contributed by atoms with E-state index in [1.807, 2.05) is 42.5 Å². The minimum atomic E-state index is -0.654. The second kappa shape index (κ2) is 7.61. The van der Waals surface area contributed by atoms with Crippen LogP contribution in [0.25, 0.3) is 6.08 Å². The molecule has 1 N–H and O–H groups in total. The van der Waals surface area contributed by atoms with Crippen molar-refractivity contribution in [1.82, 2.24) is 0 Å². The van der Waals surface area contributed by atoms with Crippen molar-refractivity contribution in [2.24, 2.45) is 5.41 Å². The van der Waals surface area contributed by atoms with Gasteiger partial charge in [-0.25, -0.2) is 0 Å². The van der Waals surface area contributed by atoms with E-state index in [1.54, 1.807) is 6.08 Å². The summed E-state index contributed by atoms with van der Waals surface area (Å²) in [6.07, 6.45) is 10.8. The van der Waals surface area contributed by atoms with Crippen LogP contribution in [0.5, 0.6) is 0 Å². The lowest BCUT2D eigenvalue weighted by Crippen LogP contribution is -2.19. The number of aliphatic hydroxyl groups excluding tert-OH is 1. The zero-order valence-electron chi connectivity index (χ0n) is 14.5. The molecular weight excluding hydrogens is 280 g/mol. The second-order valence-corrected chi connectivity index (χ2v) is 7.05. The first kappa shape index (κ1) is 17.5. The van der Waals surface area contributed by atoms with Gasteiger partial charge in [0.15, 0.2) is 0 Å². The molecular formula is C22H28O. The number of allylic oxidation sites excluding steroid dienone is 3. The van der Waals surface area contributed by atoms with Crippen molar-refractivity contribution in [2.75, 3.05) is 0 Å². The van der Waals surface area contributed by atoms with Crippen molar-refractivity contribution >= 4 is 6.08 Å². The Bertz CT molecular complexity index is 629. The number of aliphatic hydroxyl groups is 1. The van der Waals surface area contributed by atoms with Gasteiger partial charge in [-0.3, -0.25) is 0 Å². The van der Waals surface area contributed by atoms with Crippen LogP contribution in [-0.2, 0) is 0 Å². The van der Waals surface area contributed by atoms with E-state index in [1.165, 1.54) is 30.4 Å². The first-order valence-electron chi connectivity index (χ1n) is 8.38. The number of hydrogen-bond acceptors (Lipinski definition) is 1. The van der Waals surface area contributed by atoms with Crippen LogP contribution in [0, 0.1) is 5.41 Å². The molecule has 1 nitrogen and oxygen atoms in total. The number of hydrogen-bond donors (Lipinski definition) is 1. The summed E-state index contributed by atoms with van der Waals surface area (Å²) in [7, 11) is 0. The van der Waals surface area contributed by atoms with Crippen LogP contribution in [0.15, 0.2) is 71.9 Å². The van der Waals surface area contributed by atoms with Gasteiger partial charge in [-0.05, 0) is 48.3 Å². The Morgan fingerprint density at radius 3 is 2.57 bits per heavy atom. The Labute approximate surface area is 140 Å². The molecule has 122 valence electrons. The summed E-state index contributed by atoms with van der Waals surface area (Å²) >= 11 is 0. The molecule has 0 amide bonds. The first-order chi connectivity index (χ1) is 10.9. The summed E-state index contributed by atoms with van der Waals surface area (Å²) in [6.45, 7) is 10.8. The predicted octanol–water partition coefficient (Wildman–Crippen LogP) is 5.70. The maximum atomic E-state index is 10.3. The summed E-state index contributed by atoms with van der Waals surface area (Å²) in [4.78, 5) is 0. The smallest absolute Gasteiger partial charge is 0.0969 e. The average molecular weight is 308 g/mol. The van der Waals surface area contributed by atoms with E-state index in [0.717, 1.165) is 11.1 Å². The predicted molar refractivity (Wildman–Crippen MR) is 100 cm³/mol. The van der Waals surface area contributed by atoms with Crippen LogP contribution < -0.4 is 0 Å². The largest absolute Gasteiger partial charge is 0.384 e. The van der Waals surface area contributed by atoms with Gasteiger partial charge in [-0.1, -0.05) is 80.6 Å². The van der Waals surface area contributed by atoms with Crippen LogP contribution >= 0.6 is 0 Å². The Balaban J connectivity index is 2.05. The molecule has 0 heterocycles. The van der Waals surface area contributed by atoms with Gasteiger partial charge in [0.25, 0.3) is 0 Å². The van der Waals surface area contributed by atoms with Crippen LogP contribution in [0.2, 0.25) is 0 Å². The molecule has 0 saturated heterocycles. The fourth-order valence-corrected chi connectivity index (χ4v) is 3.19. The normalized spacial score (nSPS) is 19.5. The maximum Gasteiger partial charge on any atom is 0.0969 e. The molecule has 1 heteroatoms. The quantitative estimate of drug-likeness (QED) is 0.692. The molecule has 1 aromatic carbocycles. The van der Waals surface area contributed by atoms with Gasteiger partial charge < -0.3 is 5.11 Å². The van der Waals surface area contributed by atoms with Crippen molar-refractivity contribution < 1.29 is 5.11 Å². The van der Waals surface area contributed by atoms with E-state index >= 15 is 0 Å². The van der Waals surface area contributed by atoms with Crippen molar-refractivity contribution in [3.05, 3.63) is 77.4 Å². The molecule has 1 unspecified atom stereocenters. The summed E-state index contributed by atoms with van der Waals surface area (Å²) in [5.41, 5.74) is 4.86. The molecule has 1 atom stereocenters. The summed E-state index contributed by atoms with van der Waals surface area (Å²) in [6, 6.07) is 9.99. The molecule has 1 aromatic rings. The Morgan fingerprint density at radius 1 is 1.22 bits per heavy atom. The van der Waals surface area contributed by atoms with Crippen molar-refractivity contribution in [2.45, 2.75) is 46.1 Å². The van der Waals surface area contributed by atoms with Gasteiger partial charge >= 0.3 is 0 Å². The highest BCUT2D eigenvalue weighted by Crippen LogP contribution is 2.40. The van der Waals surface area contributed by atoms with E-state index in [-0.39, 0.29) is 5.41 Å². The molecule has 0 aliphatic heterocycles. The van der Waals surface area contributed by atoms with Crippen molar-refractivity contribution in [3.8, 4) is 0 Å². The highest BCUT2D eigenvalue weighted by molar-refractivity contribution is 5.51. The van der Waals surface area contributed by atoms with Gasteiger partial charge in [-0.2, -0.15) is 0 Å². The average Bonchev–Trinajstić information content (AvgIpc) is 2.52. The lowest BCUT2D eigenvalue weighted by atomic mass is 9.72. The molecule has 0 saturated carbocycles. The second-order valence-electron chi connectivity index (χ2n) is 7.05. The van der Waals surface area contributed by atoms with Crippen LogP contribution in [0.4, 0.5) is 0 Å². The minimum absolute atomic E-state index is 0.212. The molecule has 0 spiro atoms. The van der Waals surface area contributed by atoms with Gasteiger partial charge in [0.2, 0.25) is 0 Å². The molecule has 0 fully saturated rings. The van der Waals surface area contributed by atoms with E-state index < -0.39 is 6.10 Å². The van der Waals surface area contributed by atoms with E-state index in [0.29, 0.717) is 0 Å². The summed E-state index contributed by atoms with van der Waals surface area (Å²) in [5, 5.41) is 10.3. The Hall–Kier alpha value is -1.86. The zero-order chi connectivity index (χ0) is 16.9. The Morgan fingerprint density at radius 2 is 1.91 bits per heavy atom. The van der Waals surface area contributed by atoms with Crippen molar-refractivity contribution in [1.29, 1.82) is 0 Å². The van der Waals surface area contributed by atoms with Gasteiger partial charge in [0, 0.05) is 0 Å². The number of benzene rings is 1. The summed E-state index contributed by atoms with van der Waals surface area (Å²) < 4.78 is 0. The standard InChI is InChI=1S/C22H28O/c1-17-9-8-16-22(3,4)20(17)14-12-18(2)21(23)15-13-19-10-6-5-7-11-19/h5-7,10-15,21,23H,2,8-9,16H2,1,3-4H3/b14-12+,15-13+. The van der Waals surface area contributed by atoms with E-state index in [4.69, 9.17) is 0 Å². The fraction of sp³-hybridized carbons (Fsp3) is 0.364. The fourth-order valence-electron chi connectivity index (χ4n) is 3.19. The third kappa shape index (κ3) is 4.80. The minimum Gasteiger partial charge on any atom is -0.384 e. The lowest BCUT2D eigenvalue weighted by Gasteiger charge is -2.33. The first-order valence-corrected chi connectivity index (χ1v) is 8.38. The van der Waals surface area contributed by atoms with Crippen molar-refractivity contribution in [3.63, 3.8) is 0 Å². The third-order valence-electron chi connectivity index (χ3n) is 4.66. The van der Waals surface area contributed by atoms with Crippen LogP contribution in [-0.4, -0.2) is 11.2 Å². The van der Waals surface area contributed by atoms with Gasteiger partial charge in [-0.15, -0.1) is 0 Å². The molecule has 1 aliphatic rings. The molecule has 0 radical (unpaired) electrons. The van der Waals surface area contributed by atoms with Crippen LogP contribution in [0.1, 0.15) is 45.6 Å². The number of rotatable bonds is 5. The molecule has 0 aromatic heterocycles. The SMILES string of the molecule is C=C(/C=C/C1=C(C)CCCC1(C)C)C(O)/C=C/c1ccccc1. The monoisotopic (exact) mass is 308 g/mol. The zero-order valence-corrected chi connectivity index (χ0v) is 14.5. The third-order valence-corrected chi connectivity index (χ3v) is 4.66. The molecule has 23 heavy (non-hydrogen) atoms. The molecule has 1 aliphatic carbocycles. The Kier molecular flexibility index (Phi) is 5.79. The molecule has 2 rings (SSSR count). The van der Waals surface area contributed by atoms with E-state index in [9.17, 15) is 5.11 Å². The topological polar surface area (TPSA) is 20.2 Å². The maximum absolute atomic E-state index is 10.3. The summed E-state index contributed by atoms with van der Waals surface area (Å²) in [5.74, 6) is 0. The highest BCUT2D eigenvalue weighted by atomic mass is 16.3. The lowest BCUT2D eigenvalue weighted by molar-refractivity contribution is 0.264. The highest BCUT2D eigenvalue weighted by Gasteiger charge is 2.26. The van der Waals surface area contributed by atoms with Crippen LogP contribution in [0.3, 0.4) is 0 Å². The molecule has 0 bridgehead atoms. The van der Waals surface area contributed by atoms with Gasteiger partial charge in [0.05, 0.1) is 6.10 Å².